The van der Waals surface area contributed by atoms with Crippen LogP contribution in [0, 0.1) is 0 Å². The minimum Gasteiger partial charge on any atom is -0.372 e. The van der Waals surface area contributed by atoms with Crippen molar-refractivity contribution in [3.8, 4) is 22.4 Å². The Morgan fingerprint density at radius 2 is 1.58 bits per heavy atom. The minimum absolute atomic E-state index is 0.137. The van der Waals surface area contributed by atoms with Gasteiger partial charge in [-0.2, -0.15) is 5.10 Å². The van der Waals surface area contributed by atoms with E-state index in [2.05, 4.69) is 30.7 Å². The molecule has 0 spiro atoms. The lowest BCUT2D eigenvalue weighted by molar-refractivity contribution is 0.702. The van der Waals surface area contributed by atoms with Crippen molar-refractivity contribution in [3.05, 3.63) is 59.1 Å². The van der Waals surface area contributed by atoms with Gasteiger partial charge in [-0.05, 0) is 35.4 Å². The maximum atomic E-state index is 11.6. The highest BCUT2D eigenvalue weighted by atomic mass is 16.1. The van der Waals surface area contributed by atoms with E-state index in [1.807, 2.05) is 30.3 Å². The Bertz CT molecular complexity index is 1160. The molecule has 3 aromatic heterocycles. The SMILES string of the molecule is C1CCCCCC1.CNc1ccc(-c2ccc(-c3cc[nH]c(=O)c3)c3cn[nH]c23)nn1. The van der Waals surface area contributed by atoms with Gasteiger partial charge in [0.05, 0.1) is 17.4 Å². The Morgan fingerprint density at radius 3 is 2.19 bits per heavy atom. The zero-order chi connectivity index (χ0) is 21.5. The summed E-state index contributed by atoms with van der Waals surface area (Å²) in [6.07, 6.45) is 13.9. The second-order valence-electron chi connectivity index (χ2n) is 7.79. The van der Waals surface area contributed by atoms with Crippen molar-refractivity contribution < 1.29 is 0 Å². The standard InChI is InChI=1S/C17H14N6O.C7H14/c1-18-15-5-4-14(21-22-15)12-3-2-11(13-9-20-23-17(12)13)10-6-7-19-16(24)8-10;1-2-4-6-7-5-3-1/h2-9H,1H3,(H,18,22)(H,19,24)(H,20,23);1-7H2. The molecule has 7 heteroatoms. The van der Waals surface area contributed by atoms with E-state index in [4.69, 9.17) is 0 Å². The summed E-state index contributed by atoms with van der Waals surface area (Å²) in [6.45, 7) is 0. The third-order valence-corrected chi connectivity index (χ3v) is 5.65. The molecular weight excluding hydrogens is 388 g/mol. The fourth-order valence-corrected chi connectivity index (χ4v) is 3.96. The van der Waals surface area contributed by atoms with Gasteiger partial charge in [0.1, 0.15) is 5.82 Å². The summed E-state index contributed by atoms with van der Waals surface area (Å²) in [5.74, 6) is 0.708. The van der Waals surface area contributed by atoms with E-state index in [1.165, 1.54) is 44.9 Å². The third kappa shape index (κ3) is 4.99. The zero-order valence-corrected chi connectivity index (χ0v) is 17.8. The molecule has 1 fully saturated rings. The number of nitrogens with one attached hydrogen (secondary N) is 3. The number of hydrogen-bond acceptors (Lipinski definition) is 5. The lowest BCUT2D eigenvalue weighted by atomic mass is 9.99. The number of aromatic nitrogens is 5. The van der Waals surface area contributed by atoms with E-state index < -0.39 is 0 Å². The number of benzene rings is 1. The maximum Gasteiger partial charge on any atom is 0.248 e. The number of nitrogens with zero attached hydrogens (tertiary/aromatic N) is 3. The van der Waals surface area contributed by atoms with Crippen LogP contribution in [0.15, 0.2) is 53.6 Å². The van der Waals surface area contributed by atoms with Gasteiger partial charge >= 0.3 is 0 Å². The molecule has 0 radical (unpaired) electrons. The Morgan fingerprint density at radius 1 is 0.871 bits per heavy atom. The van der Waals surface area contributed by atoms with Crippen molar-refractivity contribution in [2.75, 3.05) is 12.4 Å². The van der Waals surface area contributed by atoms with E-state index in [9.17, 15) is 4.79 Å². The highest BCUT2D eigenvalue weighted by molar-refractivity contribution is 6.01. The van der Waals surface area contributed by atoms with Gasteiger partial charge in [-0.15, -0.1) is 10.2 Å². The van der Waals surface area contributed by atoms with Crippen molar-refractivity contribution in [2.24, 2.45) is 0 Å². The Hall–Kier alpha value is -3.48. The van der Waals surface area contributed by atoms with Gasteiger partial charge in [-0.1, -0.05) is 51.0 Å². The first-order valence-electron chi connectivity index (χ1n) is 10.9. The summed E-state index contributed by atoms with van der Waals surface area (Å²) in [5, 5.41) is 19.4. The first kappa shape index (κ1) is 20.8. The molecule has 0 amide bonds. The smallest absolute Gasteiger partial charge is 0.248 e. The fourth-order valence-electron chi connectivity index (χ4n) is 3.96. The Labute approximate surface area is 181 Å². The van der Waals surface area contributed by atoms with Crippen molar-refractivity contribution in [1.29, 1.82) is 0 Å². The lowest BCUT2D eigenvalue weighted by Crippen LogP contribution is -2.02. The summed E-state index contributed by atoms with van der Waals surface area (Å²) in [7, 11) is 1.80. The molecule has 3 N–H and O–H groups in total. The third-order valence-electron chi connectivity index (χ3n) is 5.65. The summed E-state index contributed by atoms with van der Waals surface area (Å²) in [6, 6.07) is 11.1. The van der Waals surface area contributed by atoms with E-state index in [1.54, 1.807) is 25.5 Å². The number of pyridine rings is 1. The lowest BCUT2D eigenvalue weighted by Gasteiger charge is -2.07. The maximum absolute atomic E-state index is 11.6. The molecule has 5 rings (SSSR count). The largest absolute Gasteiger partial charge is 0.372 e. The van der Waals surface area contributed by atoms with Crippen molar-refractivity contribution >= 4 is 16.7 Å². The van der Waals surface area contributed by atoms with Crippen LogP contribution in [0.4, 0.5) is 5.82 Å². The second kappa shape index (κ2) is 10.0. The van der Waals surface area contributed by atoms with Crippen LogP contribution in [0.3, 0.4) is 0 Å². The van der Waals surface area contributed by atoms with Crippen LogP contribution < -0.4 is 10.9 Å². The monoisotopic (exact) mass is 416 g/mol. The molecule has 1 aliphatic carbocycles. The molecule has 4 aromatic rings. The summed E-state index contributed by atoms with van der Waals surface area (Å²) in [5.41, 5.74) is 4.16. The Kier molecular flexibility index (Phi) is 6.72. The van der Waals surface area contributed by atoms with Gasteiger partial charge in [0.2, 0.25) is 5.56 Å². The Balaban J connectivity index is 0.000000282. The average Bonchev–Trinajstić information content (AvgIpc) is 3.10. The molecule has 1 saturated carbocycles. The number of rotatable bonds is 3. The minimum atomic E-state index is -0.137. The summed E-state index contributed by atoms with van der Waals surface area (Å²) >= 11 is 0. The van der Waals surface area contributed by atoms with E-state index in [-0.39, 0.29) is 5.56 Å². The first-order valence-corrected chi connectivity index (χ1v) is 10.9. The highest BCUT2D eigenvalue weighted by Crippen LogP contribution is 2.33. The average molecular weight is 417 g/mol. The molecule has 0 saturated heterocycles. The van der Waals surface area contributed by atoms with E-state index >= 15 is 0 Å². The van der Waals surface area contributed by atoms with Crippen molar-refractivity contribution in [1.82, 2.24) is 25.4 Å². The first-order chi connectivity index (χ1) is 15.3. The molecule has 0 aliphatic heterocycles. The zero-order valence-electron chi connectivity index (χ0n) is 17.8. The molecule has 160 valence electrons. The summed E-state index contributed by atoms with van der Waals surface area (Å²) < 4.78 is 0. The molecule has 3 heterocycles. The predicted molar refractivity (Wildman–Crippen MR) is 125 cm³/mol. The van der Waals surface area contributed by atoms with Crippen LogP contribution in [-0.4, -0.2) is 32.4 Å². The second-order valence-corrected chi connectivity index (χ2v) is 7.79. The molecule has 31 heavy (non-hydrogen) atoms. The molecule has 1 aromatic carbocycles. The van der Waals surface area contributed by atoms with Crippen LogP contribution in [0.2, 0.25) is 0 Å². The van der Waals surface area contributed by atoms with Gasteiger partial charge in [-0.3, -0.25) is 9.89 Å². The number of fused-ring (bicyclic) bond motifs is 1. The van der Waals surface area contributed by atoms with Crippen LogP contribution >= 0.6 is 0 Å². The summed E-state index contributed by atoms with van der Waals surface area (Å²) in [4.78, 5) is 14.2. The normalized spacial score (nSPS) is 13.8. The van der Waals surface area contributed by atoms with Crippen LogP contribution in [0.25, 0.3) is 33.3 Å². The molecule has 0 atom stereocenters. The van der Waals surface area contributed by atoms with Crippen LogP contribution in [-0.2, 0) is 0 Å². The molecule has 7 nitrogen and oxygen atoms in total. The van der Waals surface area contributed by atoms with Crippen LogP contribution in [0.1, 0.15) is 44.9 Å². The number of H-pyrrole nitrogens is 2. The fraction of sp³-hybridized carbons (Fsp3) is 0.333. The van der Waals surface area contributed by atoms with Crippen LogP contribution in [0.5, 0.6) is 0 Å². The molecular formula is C24H28N6O. The molecule has 1 aliphatic rings. The topological polar surface area (TPSA) is 99.3 Å². The molecule has 0 unspecified atom stereocenters. The van der Waals surface area contributed by atoms with Gasteiger partial charge in [-0.25, -0.2) is 0 Å². The van der Waals surface area contributed by atoms with E-state index in [0.29, 0.717) is 5.82 Å². The number of anilines is 1. The van der Waals surface area contributed by atoms with Gasteiger partial charge < -0.3 is 10.3 Å². The van der Waals surface area contributed by atoms with Gasteiger partial charge in [0, 0.05) is 30.3 Å². The quantitative estimate of drug-likeness (QED) is 0.401. The number of hydrogen-bond donors (Lipinski definition) is 3. The van der Waals surface area contributed by atoms with Gasteiger partial charge in [0.25, 0.3) is 0 Å². The highest BCUT2D eigenvalue weighted by Gasteiger charge is 2.12. The predicted octanol–water partition coefficient (Wildman–Crippen LogP) is 5.15. The van der Waals surface area contributed by atoms with E-state index in [0.717, 1.165) is 33.3 Å². The number of aromatic amines is 2. The van der Waals surface area contributed by atoms with Crippen molar-refractivity contribution in [3.63, 3.8) is 0 Å². The molecule has 0 bridgehead atoms. The van der Waals surface area contributed by atoms with Gasteiger partial charge in [0.15, 0.2) is 0 Å². The van der Waals surface area contributed by atoms with Crippen molar-refractivity contribution in [2.45, 2.75) is 44.9 Å².